The number of Topliss-reactive ketones (excluding diaryl/α,β-unsaturated/α-hetero) is 1. The minimum Gasteiger partial charge on any atom is -0.490 e. The summed E-state index contributed by atoms with van der Waals surface area (Å²) >= 11 is 6.16. The maximum absolute atomic E-state index is 11.8. The molecule has 2 N–H and O–H groups in total. The Kier molecular flexibility index (Phi) is 35.6. The highest BCUT2D eigenvalue weighted by Crippen LogP contribution is 2.42. The predicted octanol–water partition coefficient (Wildman–Crippen LogP) is 19.8. The molecular formula is C114H120ClN13O16S5. The van der Waals surface area contributed by atoms with E-state index in [1.54, 1.807) is 50.3 Å². The Bertz CT molecular complexity index is 8030. The Morgan fingerprint density at radius 2 is 0.564 bits per heavy atom. The normalized spacial score (nSPS) is 15.9. The van der Waals surface area contributed by atoms with E-state index in [1.807, 2.05) is 152 Å². The fourth-order valence-corrected chi connectivity index (χ4v) is 23.6. The van der Waals surface area contributed by atoms with Crippen molar-refractivity contribution in [3.05, 3.63) is 302 Å². The number of carbonyl (C=O) groups excluding carboxylic acids is 1. The summed E-state index contributed by atoms with van der Waals surface area (Å²) in [6, 6.07) is 74.8. The molecule has 0 atom stereocenters. The summed E-state index contributed by atoms with van der Waals surface area (Å²) in [7, 11) is -15.8. The highest BCUT2D eigenvalue weighted by Gasteiger charge is 2.33. The molecule has 0 amide bonds. The number of aromatic nitrogens is 5. The summed E-state index contributed by atoms with van der Waals surface area (Å²) in [5, 5.41) is 28.2. The summed E-state index contributed by atoms with van der Waals surface area (Å²) in [5.41, 5.74) is 20.2. The van der Waals surface area contributed by atoms with Crippen molar-refractivity contribution in [3.63, 3.8) is 0 Å². The van der Waals surface area contributed by atoms with Gasteiger partial charge >= 0.3 is 0 Å². The molecule has 15 aromatic rings. The lowest BCUT2D eigenvalue weighted by atomic mass is 9.98. The molecule has 35 heteroatoms. The molecule has 29 nitrogen and oxygen atoms in total. The average molecular weight is 2120 g/mol. The minimum atomic E-state index is -3.17. The molecule has 5 saturated heterocycles. The Hall–Kier alpha value is -13.3. The zero-order chi connectivity index (χ0) is 105. The van der Waals surface area contributed by atoms with Gasteiger partial charge < -0.3 is 29.4 Å². The maximum atomic E-state index is 11.8. The van der Waals surface area contributed by atoms with Gasteiger partial charge in [0.15, 0.2) is 5.78 Å². The Balaban J connectivity index is 0.000000133. The first-order chi connectivity index (χ1) is 71.5. The first-order valence-corrected chi connectivity index (χ1v) is 59.2. The molecule has 5 aromatic heterocycles. The highest BCUT2D eigenvalue weighted by molar-refractivity contribution is 7.89. The van der Waals surface area contributed by atoms with Gasteiger partial charge in [0, 0.05) is 184 Å². The van der Waals surface area contributed by atoms with E-state index in [2.05, 4.69) is 116 Å². The first kappa shape index (κ1) is 108. The Morgan fingerprint density at radius 3 is 0.826 bits per heavy atom. The van der Waals surface area contributed by atoms with Crippen LogP contribution in [-0.4, -0.2) is 222 Å². The molecule has 5 fully saturated rings. The van der Waals surface area contributed by atoms with Gasteiger partial charge in [-0.05, 0) is 292 Å². The minimum absolute atomic E-state index is 0.0259. The summed E-state index contributed by atoms with van der Waals surface area (Å²) in [5.74, 6) is 3.85. The van der Waals surface area contributed by atoms with Crippen molar-refractivity contribution in [1.82, 2.24) is 46.4 Å². The van der Waals surface area contributed by atoms with Crippen LogP contribution < -0.4 is 29.4 Å². The summed E-state index contributed by atoms with van der Waals surface area (Å²) < 4.78 is 157. The number of sulfonamides is 5. The molecule has 0 spiro atoms. The van der Waals surface area contributed by atoms with Gasteiger partial charge in [-0.1, -0.05) is 115 Å². The number of piperidine rings is 5. The number of hydrogen-bond acceptors (Lipinski definition) is 24. The smallest absolute Gasteiger partial charge is 0.211 e. The molecule has 20 rings (SSSR count). The van der Waals surface area contributed by atoms with Gasteiger partial charge in [0.2, 0.25) is 50.1 Å². The molecule has 5 aliphatic rings. The standard InChI is InChI=1S/2C24H25N3O3S.C23H24N2O4S.C22H25N3O3S.C21H21ClN2O3S/c1-31(28,29)27-12-8-22(9-13-27)30-24-16-21(15-20-7-11-26-17-23(20)24)19-6-2-4-18(14-19)5-3-10-25;1-31(28,29)27-13-9-22(10-14-27)30-24-16-21(15-20-8-12-26-17-23(20)24)19-6-4-18(5-7-19)3-2-11-25;1-16(26)17-3-5-18(6-4-17)20-13-19-7-10-24-15-22(19)23(14-20)29-21-8-11-25(12-9-21)30(2,27)28;1-29(26,27)25-9-6-20(7-10-25)28-22-13-19(12-18-5-8-24-15-21(18)22)17-4-2-3-16(11-17)14-23;1-28(25,26)24-9-6-19(7-10-24)27-21-13-17(15-3-2-4-18(22)12-15)11-16-5-8-23-14-20(16)21/h2,4,6-7,11,14-17,22H,3,5,8-9,12-13H2,1H3;4-8,12,15-17,22H,2-3,9-10,13-14H2,1H3;3-7,10,13-15,21H,8-9,11-12H2,1-2H3;2-5,8,11-13,15,20H,6-7,9-10,14,23H2,1H3;2-5,8,11-14,19H,6-7,9-10H2,1H3. The molecular weight excluding hydrogens is 2000 g/mol. The van der Waals surface area contributed by atoms with Crippen molar-refractivity contribution in [2.24, 2.45) is 5.73 Å². The van der Waals surface area contributed by atoms with E-state index >= 15 is 0 Å². The lowest BCUT2D eigenvalue weighted by molar-refractivity contribution is 0.101. The molecule has 774 valence electrons. The van der Waals surface area contributed by atoms with Crippen molar-refractivity contribution in [2.45, 2.75) is 134 Å². The number of ether oxygens (including phenoxy) is 5. The lowest BCUT2D eigenvalue weighted by Gasteiger charge is -2.30. The van der Waals surface area contributed by atoms with Crippen LogP contribution >= 0.6 is 11.6 Å². The number of fused-ring (bicyclic) bond motifs is 5. The van der Waals surface area contributed by atoms with Crippen LogP contribution in [0.2, 0.25) is 5.02 Å². The van der Waals surface area contributed by atoms with Gasteiger partial charge in [-0.2, -0.15) is 10.5 Å². The lowest BCUT2D eigenvalue weighted by Crippen LogP contribution is -2.41. The second-order valence-electron chi connectivity index (χ2n) is 38.0. The van der Waals surface area contributed by atoms with E-state index in [1.165, 1.54) is 52.8 Å². The number of aryl methyl sites for hydroxylation is 2. The van der Waals surface area contributed by atoms with Crippen LogP contribution in [-0.2, 0) is 69.5 Å². The van der Waals surface area contributed by atoms with Crippen molar-refractivity contribution in [3.8, 4) is 96.5 Å². The summed E-state index contributed by atoms with van der Waals surface area (Å²) in [6.07, 6.45) is 33.0. The third kappa shape index (κ3) is 29.1. The third-order valence-corrected chi connectivity index (χ3v) is 34.0. The molecule has 5 aliphatic heterocycles. The van der Waals surface area contributed by atoms with E-state index in [0.29, 0.717) is 160 Å². The number of pyridine rings is 5. The van der Waals surface area contributed by atoms with Crippen molar-refractivity contribution in [2.75, 3.05) is 96.7 Å². The molecule has 149 heavy (non-hydrogen) atoms. The van der Waals surface area contributed by atoms with Gasteiger partial charge in [-0.15, -0.1) is 0 Å². The number of ketones is 1. The van der Waals surface area contributed by atoms with Crippen LogP contribution in [0, 0.1) is 22.7 Å². The zero-order valence-electron chi connectivity index (χ0n) is 83.9. The molecule has 10 heterocycles. The highest BCUT2D eigenvalue weighted by atomic mass is 35.5. The van der Waals surface area contributed by atoms with Crippen molar-refractivity contribution >= 4 is 121 Å². The fraction of sp³-hybridized carbons (Fsp3) is 0.316. The van der Waals surface area contributed by atoms with Crippen molar-refractivity contribution in [1.29, 1.82) is 10.5 Å². The molecule has 0 saturated carbocycles. The number of carbonyl (C=O) groups is 1. The second kappa shape index (κ2) is 49.0. The molecule has 0 aliphatic carbocycles. The SMILES string of the molecule is CC(=O)c1ccc(-c2cc(OC3CCN(S(C)(=O)=O)CC3)c3cnccc3c2)cc1.CS(=O)(=O)N1CCC(Oc2cc(-c3ccc(CCC#N)cc3)cc3ccncc23)CC1.CS(=O)(=O)N1CCC(Oc2cc(-c3cccc(CCC#N)c3)cc3ccncc23)CC1.CS(=O)(=O)N1CCC(Oc2cc(-c3cccc(CN)c3)cc3ccncc23)CC1.CS(=O)(=O)N1CCC(Oc2cc(-c3cccc(Cl)c3)cc3ccncc23)CC1. The monoisotopic (exact) mass is 2120 g/mol. The van der Waals surface area contributed by atoms with E-state index in [-0.39, 0.29) is 36.3 Å². The molecule has 0 bridgehead atoms. The number of nitrogens with zero attached hydrogens (tertiary/aromatic N) is 12. The van der Waals surface area contributed by atoms with Gasteiger partial charge in [0.1, 0.15) is 59.3 Å². The predicted molar refractivity (Wildman–Crippen MR) is 587 cm³/mol. The largest absolute Gasteiger partial charge is 0.490 e. The van der Waals surface area contributed by atoms with E-state index < -0.39 is 50.1 Å². The van der Waals surface area contributed by atoms with Gasteiger partial charge in [0.05, 0.1) is 43.4 Å². The van der Waals surface area contributed by atoms with Crippen LogP contribution in [0.3, 0.4) is 0 Å². The van der Waals surface area contributed by atoms with Crippen LogP contribution in [0.5, 0.6) is 28.7 Å². The van der Waals surface area contributed by atoms with Crippen molar-refractivity contribution < 1.29 is 70.6 Å². The number of nitriles is 2. The summed E-state index contributed by atoms with van der Waals surface area (Å²) in [6.45, 7) is 6.80. The van der Waals surface area contributed by atoms with Crippen LogP contribution in [0.1, 0.15) is 111 Å². The van der Waals surface area contributed by atoms with E-state index in [9.17, 15) is 46.9 Å². The van der Waals surface area contributed by atoms with E-state index in [4.69, 9.17) is 51.5 Å². The number of halogens is 1. The Labute approximate surface area is 876 Å². The average Bonchev–Trinajstić information content (AvgIpc) is 0.799. The molecule has 10 aromatic carbocycles. The molecule has 0 radical (unpaired) electrons. The molecule has 0 unspecified atom stereocenters. The Morgan fingerprint density at radius 1 is 0.315 bits per heavy atom. The van der Waals surface area contributed by atoms with Gasteiger partial charge in [0.25, 0.3) is 0 Å². The van der Waals surface area contributed by atoms with Gasteiger partial charge in [-0.3, -0.25) is 29.7 Å². The number of rotatable bonds is 26. The third-order valence-electron chi connectivity index (χ3n) is 27.3. The maximum Gasteiger partial charge on any atom is 0.211 e. The topological polar surface area (TPSA) is 388 Å². The van der Waals surface area contributed by atoms with Crippen LogP contribution in [0.15, 0.2) is 274 Å². The fourth-order valence-electron chi connectivity index (χ4n) is 19.1. The quantitative estimate of drug-likeness (QED) is 0.0492. The first-order valence-electron chi connectivity index (χ1n) is 49.6. The van der Waals surface area contributed by atoms with Crippen LogP contribution in [0.4, 0.5) is 0 Å². The number of benzene rings is 10. The van der Waals surface area contributed by atoms with Crippen LogP contribution in [0.25, 0.3) is 109 Å². The summed E-state index contributed by atoms with van der Waals surface area (Å²) in [4.78, 5) is 32.8. The van der Waals surface area contributed by atoms with Gasteiger partial charge in [-0.25, -0.2) is 63.6 Å². The number of hydrogen-bond donors (Lipinski definition) is 1. The second-order valence-corrected chi connectivity index (χ2v) is 48.4. The van der Waals surface area contributed by atoms with E-state index in [0.717, 1.165) is 168 Å². The zero-order valence-corrected chi connectivity index (χ0v) is 88.8. The number of nitrogens with two attached hydrogens (primary N) is 1.